The van der Waals surface area contributed by atoms with Crippen LogP contribution < -0.4 is 4.74 Å². The molecule has 1 amide bonds. The van der Waals surface area contributed by atoms with Crippen LogP contribution in [0, 0.1) is 0 Å². The van der Waals surface area contributed by atoms with Crippen LogP contribution in [-0.4, -0.2) is 38.7 Å². The largest absolute Gasteiger partial charge is 0.450 e. The number of ether oxygens (including phenoxy) is 2. The summed E-state index contributed by atoms with van der Waals surface area (Å²) in [6, 6.07) is 8.01. The van der Waals surface area contributed by atoms with Gasteiger partial charge in [0.15, 0.2) is 0 Å². The monoisotopic (exact) mass is 352 g/mol. The van der Waals surface area contributed by atoms with Crippen LogP contribution >= 0.6 is 0 Å². The highest BCUT2D eigenvalue weighted by molar-refractivity contribution is 5.81. The van der Waals surface area contributed by atoms with Crippen molar-refractivity contribution in [1.82, 2.24) is 19.4 Å². The first-order chi connectivity index (χ1) is 12.7. The molecule has 0 atom stereocenters. The number of hydrogen-bond acceptors (Lipinski definition) is 5. The Bertz CT molecular complexity index is 967. The molecule has 0 bridgehead atoms. The molecular formula is C19H20N4O3. The molecule has 0 N–H and O–H groups in total. The quantitative estimate of drug-likeness (QED) is 0.723. The van der Waals surface area contributed by atoms with Crippen molar-refractivity contribution in [3.8, 4) is 11.6 Å². The Morgan fingerprint density at radius 3 is 3.00 bits per heavy atom. The molecule has 0 unspecified atom stereocenters. The summed E-state index contributed by atoms with van der Waals surface area (Å²) in [6.45, 7) is 3.13. The maximum absolute atomic E-state index is 11.9. The molecule has 1 aliphatic rings. The van der Waals surface area contributed by atoms with Gasteiger partial charge in [0.05, 0.1) is 18.8 Å². The Labute approximate surface area is 151 Å². The van der Waals surface area contributed by atoms with E-state index in [0.717, 1.165) is 27.9 Å². The number of nitrogens with zero attached hydrogens (tertiary/aromatic N) is 4. The lowest BCUT2D eigenvalue weighted by molar-refractivity contribution is 0.102. The fraction of sp³-hybridized carbons (Fsp3) is 0.316. The van der Waals surface area contributed by atoms with Crippen molar-refractivity contribution in [2.24, 2.45) is 7.05 Å². The Morgan fingerprint density at radius 2 is 2.15 bits per heavy atom. The van der Waals surface area contributed by atoms with E-state index in [-0.39, 0.29) is 6.09 Å². The highest BCUT2D eigenvalue weighted by Crippen LogP contribution is 2.30. The van der Waals surface area contributed by atoms with Crippen molar-refractivity contribution >= 4 is 17.0 Å². The van der Waals surface area contributed by atoms with Crippen molar-refractivity contribution in [1.29, 1.82) is 0 Å². The van der Waals surface area contributed by atoms with Gasteiger partial charge < -0.3 is 18.9 Å². The van der Waals surface area contributed by atoms with E-state index in [4.69, 9.17) is 9.47 Å². The normalized spacial score (nSPS) is 13.5. The number of aryl methyl sites for hydroxylation is 1. The number of amides is 1. The van der Waals surface area contributed by atoms with Crippen LogP contribution in [0.5, 0.6) is 11.6 Å². The second-order valence-corrected chi connectivity index (χ2v) is 6.22. The van der Waals surface area contributed by atoms with Crippen molar-refractivity contribution in [2.45, 2.75) is 19.9 Å². The van der Waals surface area contributed by atoms with E-state index in [0.29, 0.717) is 32.0 Å². The molecule has 2 aromatic heterocycles. The van der Waals surface area contributed by atoms with Gasteiger partial charge in [0.1, 0.15) is 12.1 Å². The second kappa shape index (κ2) is 6.67. The minimum Gasteiger partial charge on any atom is -0.450 e. The summed E-state index contributed by atoms with van der Waals surface area (Å²) in [5, 5.41) is 1.11. The smallest absolute Gasteiger partial charge is 0.410 e. The molecule has 1 aromatic carbocycles. The van der Waals surface area contributed by atoms with Crippen molar-refractivity contribution in [2.75, 3.05) is 13.2 Å². The van der Waals surface area contributed by atoms with E-state index < -0.39 is 0 Å². The molecule has 0 aliphatic carbocycles. The standard InChI is InChI=1S/C19H20N4O3/c1-3-25-19(24)23-9-7-15-16(11-23)20-12-21-18(15)26-14-4-5-17-13(10-14)6-8-22(17)2/h4-6,8,10,12H,3,7,9,11H2,1-2H3. The third-order valence-electron chi connectivity index (χ3n) is 4.56. The summed E-state index contributed by atoms with van der Waals surface area (Å²) >= 11 is 0. The van der Waals surface area contributed by atoms with Crippen LogP contribution in [-0.2, 0) is 24.8 Å². The molecule has 0 saturated carbocycles. The maximum atomic E-state index is 11.9. The van der Waals surface area contributed by atoms with Gasteiger partial charge in [-0.2, -0.15) is 0 Å². The van der Waals surface area contributed by atoms with E-state index >= 15 is 0 Å². The van der Waals surface area contributed by atoms with Crippen LogP contribution in [0.2, 0.25) is 0 Å². The Balaban J connectivity index is 1.58. The molecule has 26 heavy (non-hydrogen) atoms. The van der Waals surface area contributed by atoms with Gasteiger partial charge in [-0.25, -0.2) is 14.8 Å². The minimum atomic E-state index is -0.311. The molecule has 4 rings (SSSR count). The topological polar surface area (TPSA) is 69.5 Å². The lowest BCUT2D eigenvalue weighted by atomic mass is 10.1. The summed E-state index contributed by atoms with van der Waals surface area (Å²) in [7, 11) is 2.01. The lowest BCUT2D eigenvalue weighted by Crippen LogP contribution is -2.37. The second-order valence-electron chi connectivity index (χ2n) is 6.22. The summed E-state index contributed by atoms with van der Waals surface area (Å²) in [5.74, 6) is 1.28. The predicted molar refractivity (Wildman–Crippen MR) is 96.2 cm³/mol. The summed E-state index contributed by atoms with van der Waals surface area (Å²) in [6.07, 6.45) is 3.82. The predicted octanol–water partition coefficient (Wildman–Crippen LogP) is 3.28. The fourth-order valence-corrected chi connectivity index (χ4v) is 3.22. The van der Waals surface area contributed by atoms with Gasteiger partial charge in [0.25, 0.3) is 0 Å². The number of carbonyl (C=O) groups is 1. The van der Waals surface area contributed by atoms with Crippen molar-refractivity contribution < 1.29 is 14.3 Å². The van der Waals surface area contributed by atoms with Gasteiger partial charge in [-0.3, -0.25) is 0 Å². The number of benzene rings is 1. The molecule has 0 radical (unpaired) electrons. The zero-order valence-electron chi connectivity index (χ0n) is 14.8. The van der Waals surface area contributed by atoms with Crippen LogP contribution in [0.25, 0.3) is 10.9 Å². The molecule has 1 aliphatic heterocycles. The SMILES string of the molecule is CCOC(=O)N1CCc2c(ncnc2Oc2ccc3c(ccn3C)c2)C1. The minimum absolute atomic E-state index is 0.311. The first-order valence-corrected chi connectivity index (χ1v) is 8.63. The Morgan fingerprint density at radius 1 is 1.27 bits per heavy atom. The summed E-state index contributed by atoms with van der Waals surface area (Å²) in [4.78, 5) is 22.2. The Kier molecular flexibility index (Phi) is 4.20. The van der Waals surface area contributed by atoms with E-state index in [9.17, 15) is 4.79 Å². The molecule has 134 valence electrons. The van der Waals surface area contributed by atoms with Crippen LogP contribution in [0.3, 0.4) is 0 Å². The van der Waals surface area contributed by atoms with Crippen LogP contribution in [0.15, 0.2) is 36.8 Å². The maximum Gasteiger partial charge on any atom is 0.410 e. The van der Waals surface area contributed by atoms with Gasteiger partial charge >= 0.3 is 6.09 Å². The lowest BCUT2D eigenvalue weighted by Gasteiger charge is -2.27. The van der Waals surface area contributed by atoms with Gasteiger partial charge in [-0.05, 0) is 37.6 Å². The number of carbonyl (C=O) groups excluding carboxylic acids is 1. The summed E-state index contributed by atoms with van der Waals surface area (Å²) in [5.41, 5.74) is 2.89. The van der Waals surface area contributed by atoms with E-state index in [1.807, 2.05) is 31.4 Å². The number of fused-ring (bicyclic) bond motifs is 2. The molecule has 0 spiro atoms. The summed E-state index contributed by atoms with van der Waals surface area (Å²) < 4.78 is 13.2. The van der Waals surface area contributed by atoms with Gasteiger partial charge in [-0.1, -0.05) is 0 Å². The van der Waals surface area contributed by atoms with E-state index in [1.165, 1.54) is 6.33 Å². The van der Waals surface area contributed by atoms with Crippen molar-refractivity contribution in [3.05, 3.63) is 48.0 Å². The number of hydrogen-bond donors (Lipinski definition) is 0. The Hall–Kier alpha value is -3.09. The zero-order valence-corrected chi connectivity index (χ0v) is 14.8. The highest BCUT2D eigenvalue weighted by atomic mass is 16.6. The third kappa shape index (κ3) is 2.96. The molecule has 7 heteroatoms. The first kappa shape index (κ1) is 16.4. The van der Waals surface area contributed by atoms with Gasteiger partial charge in [0.2, 0.25) is 5.88 Å². The average molecular weight is 352 g/mol. The molecule has 0 fully saturated rings. The third-order valence-corrected chi connectivity index (χ3v) is 4.56. The molecule has 3 aromatic rings. The van der Waals surface area contributed by atoms with Crippen molar-refractivity contribution in [3.63, 3.8) is 0 Å². The number of aromatic nitrogens is 3. The molecular weight excluding hydrogens is 332 g/mol. The molecule has 3 heterocycles. The molecule has 0 saturated heterocycles. The van der Waals surface area contributed by atoms with E-state index in [2.05, 4.69) is 20.6 Å². The highest BCUT2D eigenvalue weighted by Gasteiger charge is 2.25. The zero-order chi connectivity index (χ0) is 18.1. The van der Waals surface area contributed by atoms with Crippen LogP contribution in [0.4, 0.5) is 4.79 Å². The van der Waals surface area contributed by atoms with Gasteiger partial charge in [0, 0.05) is 36.3 Å². The number of rotatable bonds is 3. The van der Waals surface area contributed by atoms with E-state index in [1.54, 1.807) is 11.8 Å². The average Bonchev–Trinajstić information content (AvgIpc) is 3.02. The fourth-order valence-electron chi connectivity index (χ4n) is 3.22. The molecule has 7 nitrogen and oxygen atoms in total. The van der Waals surface area contributed by atoms with Gasteiger partial charge in [-0.15, -0.1) is 0 Å². The van der Waals surface area contributed by atoms with Crippen LogP contribution in [0.1, 0.15) is 18.2 Å². The first-order valence-electron chi connectivity index (χ1n) is 8.63.